The van der Waals surface area contributed by atoms with Crippen molar-refractivity contribution in [3.8, 4) is 0 Å². The summed E-state index contributed by atoms with van der Waals surface area (Å²) in [6.07, 6.45) is 0. The van der Waals surface area contributed by atoms with Gasteiger partial charge in [-0.15, -0.1) is 0 Å². The van der Waals surface area contributed by atoms with E-state index in [4.69, 9.17) is 5.11 Å². The Morgan fingerprint density at radius 3 is 2.38 bits per heavy atom. The summed E-state index contributed by atoms with van der Waals surface area (Å²) >= 11 is 0. The van der Waals surface area contributed by atoms with Crippen LogP contribution >= 0.6 is 0 Å². The Hall–Kier alpha value is -1.84. The molecule has 1 amide bonds. The van der Waals surface area contributed by atoms with E-state index in [9.17, 15) is 9.59 Å². The lowest BCUT2D eigenvalue weighted by Crippen LogP contribution is -2.11. The van der Waals surface area contributed by atoms with E-state index in [2.05, 4.69) is 5.32 Å². The second kappa shape index (κ2) is 4.79. The van der Waals surface area contributed by atoms with E-state index < -0.39 is 5.97 Å². The van der Waals surface area contributed by atoms with Gasteiger partial charge in [0.05, 0.1) is 11.3 Å². The first kappa shape index (κ1) is 12.2. The van der Waals surface area contributed by atoms with Gasteiger partial charge < -0.3 is 10.4 Å². The minimum absolute atomic E-state index is 0.111. The van der Waals surface area contributed by atoms with E-state index in [1.165, 1.54) is 13.0 Å². The second-order valence-electron chi connectivity index (χ2n) is 3.95. The number of hydrogen-bond donors (Lipinski definition) is 2. The zero-order valence-corrected chi connectivity index (χ0v) is 9.57. The highest BCUT2D eigenvalue weighted by Gasteiger charge is 2.12. The van der Waals surface area contributed by atoms with Gasteiger partial charge in [-0.3, -0.25) is 4.79 Å². The summed E-state index contributed by atoms with van der Waals surface area (Å²) in [6, 6.07) is 4.98. The molecule has 0 bridgehead atoms. The maximum atomic E-state index is 11.0. The fourth-order valence-electron chi connectivity index (χ4n) is 1.40. The topological polar surface area (TPSA) is 66.4 Å². The van der Waals surface area contributed by atoms with Crippen LogP contribution in [0.2, 0.25) is 0 Å². The molecule has 0 fully saturated rings. The van der Waals surface area contributed by atoms with Crippen molar-refractivity contribution in [3.05, 3.63) is 29.3 Å². The van der Waals surface area contributed by atoms with E-state index >= 15 is 0 Å². The van der Waals surface area contributed by atoms with Gasteiger partial charge >= 0.3 is 5.97 Å². The van der Waals surface area contributed by atoms with Gasteiger partial charge in [0.15, 0.2) is 0 Å². The lowest BCUT2D eigenvalue weighted by molar-refractivity contribution is -0.114. The Bertz CT molecular complexity index is 424. The molecule has 0 saturated heterocycles. The van der Waals surface area contributed by atoms with Gasteiger partial charge in [0, 0.05) is 6.92 Å². The Kier molecular flexibility index (Phi) is 3.66. The van der Waals surface area contributed by atoms with Gasteiger partial charge in [-0.2, -0.15) is 0 Å². The standard InChI is InChI=1S/C12H15NO3/c1-7(2)9-4-5-10(12(15)16)11(6-9)13-8(3)14/h4-7H,1-3H3,(H,13,14)(H,15,16). The zero-order chi connectivity index (χ0) is 12.3. The first-order chi connectivity index (χ1) is 7.41. The number of carboxylic acid groups (broad SMARTS) is 1. The minimum Gasteiger partial charge on any atom is -0.478 e. The third kappa shape index (κ3) is 2.82. The number of aromatic carboxylic acids is 1. The molecule has 16 heavy (non-hydrogen) atoms. The zero-order valence-electron chi connectivity index (χ0n) is 9.57. The Labute approximate surface area is 94.3 Å². The van der Waals surface area contributed by atoms with Gasteiger partial charge in [0.2, 0.25) is 5.91 Å². The van der Waals surface area contributed by atoms with Crippen LogP contribution in [0.4, 0.5) is 5.69 Å². The molecule has 0 heterocycles. The molecule has 4 heteroatoms. The molecule has 0 atom stereocenters. The smallest absolute Gasteiger partial charge is 0.337 e. The summed E-state index contributed by atoms with van der Waals surface area (Å²) in [5.74, 6) is -1.03. The number of hydrogen-bond acceptors (Lipinski definition) is 2. The average Bonchev–Trinajstić information content (AvgIpc) is 2.15. The Balaban J connectivity index is 3.20. The number of nitrogens with one attached hydrogen (secondary N) is 1. The van der Waals surface area contributed by atoms with Crippen LogP contribution < -0.4 is 5.32 Å². The van der Waals surface area contributed by atoms with Gasteiger partial charge in [0.1, 0.15) is 0 Å². The minimum atomic E-state index is -1.04. The molecule has 4 nitrogen and oxygen atoms in total. The summed E-state index contributed by atoms with van der Waals surface area (Å²) in [7, 11) is 0. The third-order valence-corrected chi connectivity index (χ3v) is 2.25. The van der Waals surface area contributed by atoms with E-state index in [-0.39, 0.29) is 17.4 Å². The van der Waals surface area contributed by atoms with Crippen LogP contribution in [0.25, 0.3) is 0 Å². The quantitative estimate of drug-likeness (QED) is 0.823. The number of anilines is 1. The van der Waals surface area contributed by atoms with Crippen molar-refractivity contribution in [3.63, 3.8) is 0 Å². The van der Waals surface area contributed by atoms with Crippen LogP contribution in [-0.2, 0) is 4.79 Å². The summed E-state index contributed by atoms with van der Waals surface area (Å²) in [5, 5.41) is 11.5. The monoisotopic (exact) mass is 221 g/mol. The van der Waals surface area contributed by atoms with Gasteiger partial charge in [-0.05, 0) is 23.6 Å². The molecular formula is C12H15NO3. The fourth-order valence-corrected chi connectivity index (χ4v) is 1.40. The number of benzene rings is 1. The summed E-state index contributed by atoms with van der Waals surface area (Å²) < 4.78 is 0. The number of rotatable bonds is 3. The summed E-state index contributed by atoms with van der Waals surface area (Å²) in [4.78, 5) is 21.9. The molecule has 0 aromatic heterocycles. The summed E-state index contributed by atoms with van der Waals surface area (Å²) in [6.45, 7) is 5.37. The molecule has 0 spiro atoms. The molecule has 2 N–H and O–H groups in total. The molecule has 0 saturated carbocycles. The van der Waals surface area contributed by atoms with Crippen molar-refractivity contribution in [1.82, 2.24) is 0 Å². The van der Waals surface area contributed by atoms with Crippen molar-refractivity contribution in [2.75, 3.05) is 5.32 Å². The molecule has 1 aromatic carbocycles. The van der Waals surface area contributed by atoms with Gasteiger partial charge in [-0.25, -0.2) is 4.79 Å². The molecule has 1 aromatic rings. The van der Waals surface area contributed by atoms with Crippen LogP contribution in [0.15, 0.2) is 18.2 Å². The van der Waals surface area contributed by atoms with Gasteiger partial charge in [0.25, 0.3) is 0 Å². The third-order valence-electron chi connectivity index (χ3n) is 2.25. The predicted molar refractivity (Wildman–Crippen MR) is 61.8 cm³/mol. The normalized spacial score (nSPS) is 10.2. The van der Waals surface area contributed by atoms with Crippen LogP contribution in [0.1, 0.15) is 42.6 Å². The highest BCUT2D eigenvalue weighted by molar-refractivity contribution is 6.00. The van der Waals surface area contributed by atoms with Crippen LogP contribution in [0.5, 0.6) is 0 Å². The Morgan fingerprint density at radius 2 is 1.94 bits per heavy atom. The largest absolute Gasteiger partial charge is 0.478 e. The first-order valence-corrected chi connectivity index (χ1v) is 5.06. The predicted octanol–water partition coefficient (Wildman–Crippen LogP) is 2.47. The number of amides is 1. The van der Waals surface area contributed by atoms with Crippen molar-refractivity contribution in [2.45, 2.75) is 26.7 Å². The van der Waals surface area contributed by atoms with E-state index in [0.717, 1.165) is 5.56 Å². The molecule has 0 unspecified atom stereocenters. The molecule has 0 aliphatic rings. The number of carbonyl (C=O) groups is 2. The molecule has 0 radical (unpaired) electrons. The van der Waals surface area contributed by atoms with Crippen molar-refractivity contribution < 1.29 is 14.7 Å². The number of carboxylic acids is 1. The van der Waals surface area contributed by atoms with Crippen molar-refractivity contribution in [2.24, 2.45) is 0 Å². The molecular weight excluding hydrogens is 206 g/mol. The molecule has 1 rings (SSSR count). The van der Waals surface area contributed by atoms with E-state index in [1.807, 2.05) is 13.8 Å². The fraction of sp³-hybridized carbons (Fsp3) is 0.333. The number of carbonyl (C=O) groups excluding carboxylic acids is 1. The van der Waals surface area contributed by atoms with E-state index in [0.29, 0.717) is 5.69 Å². The molecule has 0 aliphatic carbocycles. The second-order valence-corrected chi connectivity index (χ2v) is 3.95. The highest BCUT2D eigenvalue weighted by Crippen LogP contribution is 2.23. The van der Waals surface area contributed by atoms with Crippen LogP contribution in [0.3, 0.4) is 0 Å². The molecule has 86 valence electrons. The summed E-state index contributed by atoms with van der Waals surface area (Å²) in [5.41, 5.74) is 1.46. The van der Waals surface area contributed by atoms with Gasteiger partial charge in [-0.1, -0.05) is 19.9 Å². The van der Waals surface area contributed by atoms with Crippen LogP contribution in [0, 0.1) is 0 Å². The maximum Gasteiger partial charge on any atom is 0.337 e. The first-order valence-electron chi connectivity index (χ1n) is 5.06. The maximum absolute atomic E-state index is 11.0. The average molecular weight is 221 g/mol. The van der Waals surface area contributed by atoms with Crippen molar-refractivity contribution >= 4 is 17.6 Å². The highest BCUT2D eigenvalue weighted by atomic mass is 16.4. The molecule has 0 aliphatic heterocycles. The van der Waals surface area contributed by atoms with Crippen LogP contribution in [-0.4, -0.2) is 17.0 Å². The van der Waals surface area contributed by atoms with Crippen molar-refractivity contribution in [1.29, 1.82) is 0 Å². The Morgan fingerprint density at radius 1 is 1.31 bits per heavy atom. The van der Waals surface area contributed by atoms with E-state index in [1.54, 1.807) is 12.1 Å². The lowest BCUT2D eigenvalue weighted by Gasteiger charge is -2.11. The lowest BCUT2D eigenvalue weighted by atomic mass is 10.00. The SMILES string of the molecule is CC(=O)Nc1cc(C(C)C)ccc1C(=O)O.